The van der Waals surface area contributed by atoms with Crippen molar-refractivity contribution in [3.8, 4) is 0 Å². The van der Waals surface area contributed by atoms with Crippen molar-refractivity contribution in [1.82, 2.24) is 24.8 Å². The van der Waals surface area contributed by atoms with Gasteiger partial charge in [-0.1, -0.05) is 17.7 Å². The Bertz CT molecular complexity index is 1090. The van der Waals surface area contributed by atoms with Gasteiger partial charge in [-0.25, -0.2) is 18.1 Å². The normalized spacial score (nSPS) is 11.7. The number of hydrogen-bond donors (Lipinski definition) is 2. The fraction of sp³-hybridized carbons (Fsp3) is 0.278. The topological polar surface area (TPSA) is 106 Å². The van der Waals surface area contributed by atoms with Crippen LogP contribution >= 0.6 is 0 Å². The van der Waals surface area contributed by atoms with Gasteiger partial charge in [0.1, 0.15) is 0 Å². The number of carbonyl (C=O) groups excluding carboxylic acids is 1. The molecule has 27 heavy (non-hydrogen) atoms. The second-order valence-corrected chi connectivity index (χ2v) is 8.04. The quantitative estimate of drug-likeness (QED) is 0.620. The van der Waals surface area contributed by atoms with Crippen molar-refractivity contribution < 1.29 is 13.2 Å². The fourth-order valence-electron chi connectivity index (χ4n) is 2.70. The van der Waals surface area contributed by atoms with Gasteiger partial charge < -0.3 is 5.32 Å². The highest BCUT2D eigenvalue weighted by atomic mass is 32.2. The number of aromatic nitrogens is 3. The predicted octanol–water partition coefficient (Wildman–Crippen LogP) is 1.29. The largest absolute Gasteiger partial charge is 0.351 e. The van der Waals surface area contributed by atoms with Crippen LogP contribution in [0.15, 0.2) is 41.4 Å². The van der Waals surface area contributed by atoms with Crippen LogP contribution in [0.3, 0.4) is 0 Å². The molecule has 1 aromatic carbocycles. The van der Waals surface area contributed by atoms with E-state index in [1.54, 1.807) is 42.1 Å². The number of nitrogens with zero attached hydrogens (tertiary/aromatic N) is 3. The van der Waals surface area contributed by atoms with Gasteiger partial charge in [0.2, 0.25) is 10.0 Å². The van der Waals surface area contributed by atoms with Crippen molar-refractivity contribution in [1.29, 1.82) is 0 Å². The van der Waals surface area contributed by atoms with Gasteiger partial charge in [0, 0.05) is 31.7 Å². The molecule has 0 fully saturated rings. The summed E-state index contributed by atoms with van der Waals surface area (Å²) < 4.78 is 28.5. The number of rotatable bonds is 6. The molecular weight excluding hydrogens is 366 g/mol. The summed E-state index contributed by atoms with van der Waals surface area (Å²) in [5.41, 5.74) is 2.88. The van der Waals surface area contributed by atoms with Crippen LogP contribution in [0, 0.1) is 13.8 Å². The van der Waals surface area contributed by atoms with E-state index in [0.717, 1.165) is 16.6 Å². The van der Waals surface area contributed by atoms with E-state index in [1.807, 2.05) is 13.8 Å². The van der Waals surface area contributed by atoms with Gasteiger partial charge in [-0.15, -0.1) is 0 Å². The summed E-state index contributed by atoms with van der Waals surface area (Å²) in [7, 11) is -1.80. The molecule has 0 radical (unpaired) electrons. The lowest BCUT2D eigenvalue weighted by atomic mass is 10.2. The zero-order valence-corrected chi connectivity index (χ0v) is 16.2. The Kier molecular flexibility index (Phi) is 5.24. The molecule has 0 atom stereocenters. The second kappa shape index (κ2) is 7.45. The first-order valence-corrected chi connectivity index (χ1v) is 9.90. The van der Waals surface area contributed by atoms with Gasteiger partial charge in [-0.05, 0) is 32.0 Å². The average Bonchev–Trinajstić information content (AvgIpc) is 2.92. The van der Waals surface area contributed by atoms with Crippen LogP contribution in [0.5, 0.6) is 0 Å². The van der Waals surface area contributed by atoms with E-state index in [-0.39, 0.29) is 23.9 Å². The maximum absolute atomic E-state index is 12.3. The summed E-state index contributed by atoms with van der Waals surface area (Å²) in [5.74, 6) is -0.317. The number of aryl methyl sites for hydroxylation is 3. The lowest BCUT2D eigenvalue weighted by molar-refractivity contribution is 0.0954. The Morgan fingerprint density at radius 1 is 1.15 bits per heavy atom. The van der Waals surface area contributed by atoms with Gasteiger partial charge in [0.15, 0.2) is 5.65 Å². The number of nitrogens with one attached hydrogen (secondary N) is 2. The van der Waals surface area contributed by atoms with Gasteiger partial charge in [0.25, 0.3) is 5.91 Å². The van der Waals surface area contributed by atoms with E-state index < -0.39 is 10.0 Å². The minimum absolute atomic E-state index is 0.0868. The average molecular weight is 387 g/mol. The summed E-state index contributed by atoms with van der Waals surface area (Å²) >= 11 is 0. The van der Waals surface area contributed by atoms with E-state index in [0.29, 0.717) is 11.2 Å². The van der Waals surface area contributed by atoms with Crippen molar-refractivity contribution in [2.75, 3.05) is 13.1 Å². The Balaban J connectivity index is 1.58. The maximum atomic E-state index is 12.3. The molecule has 3 aromatic rings. The van der Waals surface area contributed by atoms with Crippen molar-refractivity contribution in [2.45, 2.75) is 18.7 Å². The fourth-order valence-corrected chi connectivity index (χ4v) is 3.73. The summed E-state index contributed by atoms with van der Waals surface area (Å²) in [6, 6.07) is 8.30. The molecule has 8 nitrogen and oxygen atoms in total. The highest BCUT2D eigenvalue weighted by molar-refractivity contribution is 7.89. The molecule has 2 N–H and O–H groups in total. The summed E-state index contributed by atoms with van der Waals surface area (Å²) in [6.45, 7) is 3.99. The lowest BCUT2D eigenvalue weighted by Crippen LogP contribution is -2.34. The smallest absolute Gasteiger partial charge is 0.252 e. The maximum Gasteiger partial charge on any atom is 0.252 e. The lowest BCUT2D eigenvalue weighted by Gasteiger charge is -2.08. The highest BCUT2D eigenvalue weighted by Gasteiger charge is 2.14. The predicted molar refractivity (Wildman–Crippen MR) is 102 cm³/mol. The van der Waals surface area contributed by atoms with E-state index >= 15 is 0 Å². The first-order valence-electron chi connectivity index (χ1n) is 8.42. The number of carbonyl (C=O) groups is 1. The third kappa shape index (κ3) is 4.15. The molecule has 9 heteroatoms. The van der Waals surface area contributed by atoms with Crippen molar-refractivity contribution in [3.05, 3.63) is 53.3 Å². The Hall–Kier alpha value is -2.78. The van der Waals surface area contributed by atoms with Crippen LogP contribution in [0.4, 0.5) is 0 Å². The van der Waals surface area contributed by atoms with E-state index in [2.05, 4.69) is 20.1 Å². The molecule has 0 unspecified atom stereocenters. The highest BCUT2D eigenvalue weighted by Crippen LogP contribution is 2.16. The van der Waals surface area contributed by atoms with Gasteiger partial charge in [-0.3, -0.25) is 9.48 Å². The Labute approximate surface area is 157 Å². The minimum Gasteiger partial charge on any atom is -0.351 e. The first kappa shape index (κ1) is 19.0. The Morgan fingerprint density at radius 2 is 1.85 bits per heavy atom. The van der Waals surface area contributed by atoms with Gasteiger partial charge in [0.05, 0.1) is 16.2 Å². The van der Waals surface area contributed by atoms with Crippen LogP contribution in [-0.2, 0) is 17.1 Å². The summed E-state index contributed by atoms with van der Waals surface area (Å²) in [5, 5.41) is 7.77. The number of hydrogen-bond acceptors (Lipinski definition) is 5. The van der Waals surface area contributed by atoms with Crippen molar-refractivity contribution in [3.63, 3.8) is 0 Å². The van der Waals surface area contributed by atoms with E-state index in [1.165, 1.54) is 6.20 Å². The van der Waals surface area contributed by atoms with Crippen molar-refractivity contribution in [2.24, 2.45) is 7.05 Å². The van der Waals surface area contributed by atoms with E-state index in [9.17, 15) is 13.2 Å². The molecule has 0 aliphatic carbocycles. The molecule has 0 aliphatic heterocycles. The van der Waals surface area contributed by atoms with Gasteiger partial charge in [-0.2, -0.15) is 5.10 Å². The standard InChI is InChI=1S/C18H21N5O3S/c1-12-4-6-15(7-5-12)27(25,26)21-9-8-19-18(24)14-10-16-13(2)22-23(3)17(16)20-11-14/h4-7,10-11,21H,8-9H2,1-3H3,(H,19,24). The van der Waals surface area contributed by atoms with Crippen LogP contribution in [0.2, 0.25) is 0 Å². The minimum atomic E-state index is -3.60. The van der Waals surface area contributed by atoms with E-state index in [4.69, 9.17) is 0 Å². The number of sulfonamides is 1. The SMILES string of the molecule is Cc1ccc(S(=O)(=O)NCCNC(=O)c2cnc3c(c2)c(C)nn3C)cc1. The first-order chi connectivity index (χ1) is 12.8. The van der Waals surface area contributed by atoms with Crippen LogP contribution in [0.1, 0.15) is 21.6 Å². The molecule has 2 heterocycles. The summed E-state index contributed by atoms with van der Waals surface area (Å²) in [6.07, 6.45) is 1.48. The second-order valence-electron chi connectivity index (χ2n) is 6.27. The number of benzene rings is 1. The molecule has 142 valence electrons. The van der Waals surface area contributed by atoms with Crippen LogP contribution in [0.25, 0.3) is 11.0 Å². The van der Waals surface area contributed by atoms with Crippen LogP contribution in [-0.4, -0.2) is 42.2 Å². The molecule has 0 bridgehead atoms. The molecule has 0 spiro atoms. The molecular formula is C18H21N5O3S. The molecule has 3 rings (SSSR count). The molecule has 1 amide bonds. The Morgan fingerprint density at radius 3 is 2.56 bits per heavy atom. The molecule has 0 aliphatic rings. The third-order valence-corrected chi connectivity index (χ3v) is 5.64. The molecule has 0 saturated heterocycles. The zero-order chi connectivity index (χ0) is 19.6. The van der Waals surface area contributed by atoms with Crippen LogP contribution < -0.4 is 10.0 Å². The number of amides is 1. The van der Waals surface area contributed by atoms with Gasteiger partial charge >= 0.3 is 0 Å². The summed E-state index contributed by atoms with van der Waals surface area (Å²) in [4.78, 5) is 16.7. The zero-order valence-electron chi connectivity index (χ0n) is 15.4. The third-order valence-electron chi connectivity index (χ3n) is 4.16. The number of pyridine rings is 1. The number of fused-ring (bicyclic) bond motifs is 1. The molecule has 0 saturated carbocycles. The molecule has 2 aromatic heterocycles. The van der Waals surface area contributed by atoms with Crippen molar-refractivity contribution >= 4 is 27.0 Å². The monoisotopic (exact) mass is 387 g/mol.